The van der Waals surface area contributed by atoms with Crippen LogP contribution in [0.4, 0.5) is 0 Å². The molecule has 0 aliphatic heterocycles. The molecule has 2 aliphatic rings. The number of aryl methyl sites for hydroxylation is 2. The SMILES string of the molecule is C/C=C\C=C/Cn1c2cc3c(cc2c2c4c(ccc21)-c1ccccc1C4)-c1cc2c4c(Oc5ccccc5)c(C)ccc4n(-c4ccc(CC)c(-c5ccccc5)c4)c2cc1C3(C)C. The molecule has 2 aliphatic carbocycles. The van der Waals surface area contributed by atoms with Crippen LogP contribution in [0.2, 0.25) is 0 Å². The van der Waals surface area contributed by atoms with E-state index in [1.54, 1.807) is 0 Å². The fourth-order valence-corrected chi connectivity index (χ4v) is 11.2. The van der Waals surface area contributed by atoms with E-state index in [9.17, 15) is 0 Å². The number of para-hydroxylation sites is 1. The summed E-state index contributed by atoms with van der Waals surface area (Å²) < 4.78 is 12.0. The third kappa shape index (κ3) is 5.66. The van der Waals surface area contributed by atoms with E-state index in [-0.39, 0.29) is 5.41 Å². The zero-order valence-electron chi connectivity index (χ0n) is 37.2. The summed E-state index contributed by atoms with van der Waals surface area (Å²) in [5, 5.41) is 5.04. The molecule has 0 radical (unpaired) electrons. The lowest BCUT2D eigenvalue weighted by atomic mass is 9.82. The second-order valence-electron chi connectivity index (χ2n) is 18.3. The number of benzene rings is 8. The molecule has 2 heterocycles. The van der Waals surface area contributed by atoms with Crippen LogP contribution >= 0.6 is 0 Å². The van der Waals surface area contributed by atoms with Gasteiger partial charge in [-0.2, -0.15) is 0 Å². The highest BCUT2D eigenvalue weighted by molar-refractivity contribution is 6.17. The van der Waals surface area contributed by atoms with Crippen molar-refractivity contribution in [3.8, 4) is 50.6 Å². The number of hydrogen-bond acceptors (Lipinski definition) is 1. The van der Waals surface area contributed by atoms with Crippen molar-refractivity contribution >= 4 is 43.6 Å². The van der Waals surface area contributed by atoms with Crippen molar-refractivity contribution in [2.45, 2.75) is 59.4 Å². The lowest BCUT2D eigenvalue weighted by molar-refractivity contribution is 0.485. The summed E-state index contributed by atoms with van der Waals surface area (Å²) >= 11 is 0. The molecule has 12 rings (SSSR count). The number of aromatic nitrogens is 2. The van der Waals surface area contributed by atoms with E-state index < -0.39 is 0 Å². The second kappa shape index (κ2) is 14.6. The molecule has 64 heavy (non-hydrogen) atoms. The standard InChI is InChI=1S/C61H50N2O/c1-6-8-9-18-31-62-54-30-28-45-44-24-17-16-21-41(44)32-49(45)58(54)50-34-47-48-35-51-57(37-53(48)61(4,5)52(47)36-56(50)62)63(42-27-26-39(7-2)46(33-42)40-19-12-10-13-20-40)55-29-25-38(3)60(59(51)55)64-43-22-14-11-15-23-43/h6,8-30,33-37H,7,31-32H2,1-5H3/b8-6-,18-9-. The maximum atomic E-state index is 6.94. The Morgan fingerprint density at radius 1 is 0.609 bits per heavy atom. The molecule has 3 nitrogen and oxygen atoms in total. The first-order chi connectivity index (χ1) is 31.3. The molecule has 0 amide bonds. The first-order valence-corrected chi connectivity index (χ1v) is 22.9. The summed E-state index contributed by atoms with van der Waals surface area (Å²) in [6.45, 7) is 12.1. The van der Waals surface area contributed by atoms with Crippen molar-refractivity contribution in [3.63, 3.8) is 0 Å². The van der Waals surface area contributed by atoms with Gasteiger partial charge in [0.1, 0.15) is 11.5 Å². The fourth-order valence-electron chi connectivity index (χ4n) is 11.2. The summed E-state index contributed by atoms with van der Waals surface area (Å²) in [5.74, 6) is 1.73. The van der Waals surface area contributed by atoms with E-state index in [0.717, 1.165) is 53.0 Å². The molecular formula is C61H50N2O. The molecule has 310 valence electrons. The minimum absolute atomic E-state index is 0.255. The maximum Gasteiger partial charge on any atom is 0.140 e. The molecule has 10 aromatic rings. The normalized spacial score (nSPS) is 13.8. The van der Waals surface area contributed by atoms with E-state index in [1.807, 2.05) is 18.2 Å². The van der Waals surface area contributed by atoms with Gasteiger partial charge in [0.2, 0.25) is 0 Å². The summed E-state index contributed by atoms with van der Waals surface area (Å²) in [4.78, 5) is 0. The van der Waals surface area contributed by atoms with E-state index >= 15 is 0 Å². The monoisotopic (exact) mass is 826 g/mol. The van der Waals surface area contributed by atoms with Gasteiger partial charge in [-0.25, -0.2) is 0 Å². The smallest absolute Gasteiger partial charge is 0.140 e. The van der Waals surface area contributed by atoms with E-state index in [1.165, 1.54) is 93.9 Å². The molecule has 2 aromatic heterocycles. The van der Waals surface area contributed by atoms with Crippen molar-refractivity contribution < 1.29 is 4.74 Å². The van der Waals surface area contributed by atoms with Crippen molar-refractivity contribution in [2.24, 2.45) is 0 Å². The zero-order valence-corrected chi connectivity index (χ0v) is 37.2. The lowest BCUT2D eigenvalue weighted by Gasteiger charge is -2.22. The second-order valence-corrected chi connectivity index (χ2v) is 18.3. The summed E-state index contributed by atoms with van der Waals surface area (Å²) in [6, 6.07) is 56.4. The third-order valence-corrected chi connectivity index (χ3v) is 14.3. The first-order valence-electron chi connectivity index (χ1n) is 22.9. The van der Waals surface area contributed by atoms with Crippen LogP contribution in [0.1, 0.15) is 61.1 Å². The van der Waals surface area contributed by atoms with Crippen molar-refractivity contribution in [2.75, 3.05) is 0 Å². The number of fused-ring (bicyclic) bond motifs is 13. The molecule has 0 saturated heterocycles. The van der Waals surface area contributed by atoms with Gasteiger partial charge in [0, 0.05) is 44.8 Å². The Balaban J connectivity index is 1.15. The molecule has 0 N–H and O–H groups in total. The van der Waals surface area contributed by atoms with Crippen LogP contribution in [-0.4, -0.2) is 9.13 Å². The van der Waals surface area contributed by atoms with E-state index in [2.05, 4.69) is 202 Å². The Hall–Kier alpha value is -7.36. The molecule has 0 atom stereocenters. The number of allylic oxidation sites excluding steroid dienone is 4. The maximum absolute atomic E-state index is 6.94. The van der Waals surface area contributed by atoms with Gasteiger partial charge in [-0.3, -0.25) is 0 Å². The van der Waals surface area contributed by atoms with Crippen LogP contribution in [0.15, 0.2) is 176 Å². The van der Waals surface area contributed by atoms with Gasteiger partial charge in [-0.05, 0) is 154 Å². The predicted octanol–water partition coefficient (Wildman–Crippen LogP) is 16.2. The molecule has 0 saturated carbocycles. The highest BCUT2D eigenvalue weighted by atomic mass is 16.5. The summed E-state index contributed by atoms with van der Waals surface area (Å²) in [6.07, 6.45) is 10.6. The van der Waals surface area contributed by atoms with E-state index in [4.69, 9.17) is 4.74 Å². The number of nitrogens with zero attached hydrogens (tertiary/aromatic N) is 2. The minimum atomic E-state index is -0.255. The van der Waals surface area contributed by atoms with Gasteiger partial charge >= 0.3 is 0 Å². The van der Waals surface area contributed by atoms with Crippen LogP contribution in [0.3, 0.4) is 0 Å². The Morgan fingerprint density at radius 2 is 1.31 bits per heavy atom. The highest BCUT2D eigenvalue weighted by Crippen LogP contribution is 2.55. The minimum Gasteiger partial charge on any atom is -0.456 e. The van der Waals surface area contributed by atoms with E-state index in [0.29, 0.717) is 0 Å². The third-order valence-electron chi connectivity index (χ3n) is 14.3. The average molecular weight is 827 g/mol. The van der Waals surface area contributed by atoms with Crippen LogP contribution in [-0.2, 0) is 24.8 Å². The largest absolute Gasteiger partial charge is 0.456 e. The van der Waals surface area contributed by atoms with Gasteiger partial charge in [-0.15, -0.1) is 0 Å². The van der Waals surface area contributed by atoms with Crippen molar-refractivity contribution in [3.05, 3.63) is 209 Å². The Labute approximate surface area is 375 Å². The van der Waals surface area contributed by atoms with Crippen molar-refractivity contribution in [1.29, 1.82) is 0 Å². The van der Waals surface area contributed by atoms with Gasteiger partial charge < -0.3 is 13.9 Å². The predicted molar refractivity (Wildman–Crippen MR) is 270 cm³/mol. The molecule has 0 spiro atoms. The van der Waals surface area contributed by atoms with Crippen LogP contribution in [0.25, 0.3) is 82.7 Å². The fraction of sp³-hybridized carbons (Fsp3) is 0.148. The molecule has 0 unspecified atom stereocenters. The molecule has 8 aromatic carbocycles. The van der Waals surface area contributed by atoms with Crippen LogP contribution in [0.5, 0.6) is 11.5 Å². The molecule has 0 bridgehead atoms. The van der Waals surface area contributed by atoms with Crippen LogP contribution in [0, 0.1) is 6.92 Å². The van der Waals surface area contributed by atoms with Gasteiger partial charge in [0.25, 0.3) is 0 Å². The van der Waals surface area contributed by atoms with Crippen LogP contribution < -0.4 is 4.74 Å². The molecule has 3 heteroatoms. The quantitative estimate of drug-likeness (QED) is 0.140. The number of ether oxygens (including phenoxy) is 1. The molecule has 0 fully saturated rings. The van der Waals surface area contributed by atoms with Gasteiger partial charge in [-0.1, -0.05) is 136 Å². The molecular weight excluding hydrogens is 777 g/mol. The number of rotatable bonds is 8. The Morgan fingerprint density at radius 3 is 2.08 bits per heavy atom. The topological polar surface area (TPSA) is 19.1 Å². The average Bonchev–Trinajstić information content (AvgIpc) is 4.02. The Bertz CT molecular complexity index is 3600. The first kappa shape index (κ1) is 38.3. The summed E-state index contributed by atoms with van der Waals surface area (Å²) in [7, 11) is 0. The van der Waals surface area contributed by atoms with Gasteiger partial charge in [0.05, 0.1) is 16.4 Å². The zero-order chi connectivity index (χ0) is 43.3. The lowest BCUT2D eigenvalue weighted by Crippen LogP contribution is -2.15. The summed E-state index contributed by atoms with van der Waals surface area (Å²) in [5.41, 5.74) is 21.7. The van der Waals surface area contributed by atoms with Gasteiger partial charge in [0.15, 0.2) is 0 Å². The number of hydrogen-bond donors (Lipinski definition) is 0. The highest BCUT2D eigenvalue weighted by Gasteiger charge is 2.38. The van der Waals surface area contributed by atoms with Crippen molar-refractivity contribution in [1.82, 2.24) is 9.13 Å². The Kier molecular flexibility index (Phi) is 8.75.